The number of fused-ring (bicyclic) bond motifs is 3. The SMILES string of the molecule is C[C@H]1C[C@@H](OC(=O)Cn2cnc3c(oc4ccccc43)c2=O)C(=O)O1. The molecule has 128 valence electrons. The number of cyclic esters (lactones) is 1. The molecule has 0 spiro atoms. The van der Waals surface area contributed by atoms with Gasteiger partial charge in [-0.15, -0.1) is 0 Å². The number of carbonyl (C=O) groups excluding carboxylic acids is 2. The van der Waals surface area contributed by atoms with Crippen LogP contribution in [-0.4, -0.2) is 33.7 Å². The quantitative estimate of drug-likeness (QED) is 0.663. The highest BCUT2D eigenvalue weighted by atomic mass is 16.6. The minimum absolute atomic E-state index is 0.0744. The first-order valence-corrected chi connectivity index (χ1v) is 7.79. The maximum Gasteiger partial charge on any atom is 0.347 e. The number of furan rings is 1. The number of aromatic nitrogens is 2. The molecule has 0 bridgehead atoms. The predicted molar refractivity (Wildman–Crippen MR) is 85.8 cm³/mol. The summed E-state index contributed by atoms with van der Waals surface area (Å²) in [4.78, 5) is 40.3. The van der Waals surface area contributed by atoms with Crippen LogP contribution in [0.5, 0.6) is 0 Å². The summed E-state index contributed by atoms with van der Waals surface area (Å²) in [6.07, 6.45) is 0.353. The van der Waals surface area contributed by atoms with Crippen LogP contribution in [0.15, 0.2) is 39.8 Å². The normalized spacial score (nSPS) is 20.1. The van der Waals surface area contributed by atoms with Crippen LogP contribution in [0.1, 0.15) is 13.3 Å². The van der Waals surface area contributed by atoms with E-state index in [-0.39, 0.29) is 18.2 Å². The van der Waals surface area contributed by atoms with E-state index in [2.05, 4.69) is 4.98 Å². The second-order valence-electron chi connectivity index (χ2n) is 5.92. The lowest BCUT2D eigenvalue weighted by molar-refractivity contribution is -0.161. The van der Waals surface area contributed by atoms with Crippen molar-refractivity contribution in [2.24, 2.45) is 0 Å². The third-order valence-corrected chi connectivity index (χ3v) is 4.05. The van der Waals surface area contributed by atoms with Crippen LogP contribution in [0.4, 0.5) is 0 Å². The zero-order valence-corrected chi connectivity index (χ0v) is 13.3. The summed E-state index contributed by atoms with van der Waals surface area (Å²) >= 11 is 0. The number of para-hydroxylation sites is 1. The summed E-state index contributed by atoms with van der Waals surface area (Å²) < 4.78 is 16.7. The van der Waals surface area contributed by atoms with Crippen LogP contribution >= 0.6 is 0 Å². The molecule has 3 aromatic rings. The van der Waals surface area contributed by atoms with E-state index < -0.39 is 23.6 Å². The van der Waals surface area contributed by atoms with Crippen molar-refractivity contribution in [1.29, 1.82) is 0 Å². The maximum atomic E-state index is 12.5. The Kier molecular flexibility index (Phi) is 3.52. The molecule has 4 rings (SSSR count). The van der Waals surface area contributed by atoms with E-state index in [9.17, 15) is 14.4 Å². The summed E-state index contributed by atoms with van der Waals surface area (Å²) in [6.45, 7) is 1.35. The van der Waals surface area contributed by atoms with E-state index in [0.717, 1.165) is 9.95 Å². The van der Waals surface area contributed by atoms with E-state index in [1.807, 2.05) is 6.07 Å². The highest BCUT2D eigenvalue weighted by Crippen LogP contribution is 2.24. The van der Waals surface area contributed by atoms with Crippen LogP contribution in [0.25, 0.3) is 22.1 Å². The Balaban J connectivity index is 1.60. The summed E-state index contributed by atoms with van der Waals surface area (Å²) in [6, 6.07) is 7.16. The third kappa shape index (κ3) is 2.65. The van der Waals surface area contributed by atoms with Gasteiger partial charge in [-0.25, -0.2) is 9.78 Å². The number of benzene rings is 1. The summed E-state index contributed by atoms with van der Waals surface area (Å²) in [7, 11) is 0. The van der Waals surface area contributed by atoms with Gasteiger partial charge in [0.05, 0.1) is 6.33 Å². The molecule has 0 unspecified atom stereocenters. The van der Waals surface area contributed by atoms with Gasteiger partial charge in [0, 0.05) is 11.8 Å². The molecule has 1 aromatic carbocycles. The van der Waals surface area contributed by atoms with Gasteiger partial charge >= 0.3 is 11.9 Å². The molecule has 0 saturated carbocycles. The van der Waals surface area contributed by atoms with Crippen LogP contribution in [0, 0.1) is 0 Å². The molecule has 1 saturated heterocycles. The van der Waals surface area contributed by atoms with Gasteiger partial charge in [-0.1, -0.05) is 12.1 Å². The third-order valence-electron chi connectivity index (χ3n) is 4.05. The Hall–Kier alpha value is -3.16. The second kappa shape index (κ2) is 5.73. The van der Waals surface area contributed by atoms with Crippen LogP contribution in [0.3, 0.4) is 0 Å². The smallest absolute Gasteiger partial charge is 0.347 e. The molecular formula is C17H14N2O6. The van der Waals surface area contributed by atoms with Gasteiger partial charge in [0.25, 0.3) is 5.56 Å². The molecule has 0 amide bonds. The van der Waals surface area contributed by atoms with Crippen molar-refractivity contribution in [2.45, 2.75) is 32.1 Å². The molecule has 25 heavy (non-hydrogen) atoms. The van der Waals surface area contributed by atoms with Crippen molar-refractivity contribution in [3.63, 3.8) is 0 Å². The summed E-state index contributed by atoms with van der Waals surface area (Å²) in [5.74, 6) is -1.28. The molecular weight excluding hydrogens is 328 g/mol. The Morgan fingerprint density at radius 2 is 2.16 bits per heavy atom. The Morgan fingerprint density at radius 1 is 1.36 bits per heavy atom. The minimum Gasteiger partial charge on any atom is -0.460 e. The highest BCUT2D eigenvalue weighted by molar-refractivity contribution is 6.01. The van der Waals surface area contributed by atoms with Crippen molar-refractivity contribution in [1.82, 2.24) is 9.55 Å². The molecule has 1 aliphatic heterocycles. The zero-order valence-electron chi connectivity index (χ0n) is 13.3. The van der Waals surface area contributed by atoms with Crippen molar-refractivity contribution in [2.75, 3.05) is 0 Å². The van der Waals surface area contributed by atoms with Crippen molar-refractivity contribution in [3.05, 3.63) is 40.9 Å². The number of hydrogen-bond acceptors (Lipinski definition) is 7. The summed E-state index contributed by atoms with van der Waals surface area (Å²) in [5.41, 5.74) is 0.578. The molecule has 3 heterocycles. The lowest BCUT2D eigenvalue weighted by atomic mass is 10.2. The molecule has 2 aromatic heterocycles. The van der Waals surface area contributed by atoms with E-state index in [1.54, 1.807) is 25.1 Å². The molecule has 0 aliphatic carbocycles. The fraction of sp³-hybridized carbons (Fsp3) is 0.294. The molecule has 1 aliphatic rings. The van der Waals surface area contributed by atoms with Crippen molar-refractivity contribution >= 4 is 34.0 Å². The Labute approximate surface area is 140 Å². The Bertz CT molecular complexity index is 1050. The second-order valence-corrected chi connectivity index (χ2v) is 5.92. The first-order valence-electron chi connectivity index (χ1n) is 7.79. The maximum absolute atomic E-state index is 12.5. The molecule has 8 nitrogen and oxygen atoms in total. The number of rotatable bonds is 3. The van der Waals surface area contributed by atoms with Crippen LogP contribution in [0.2, 0.25) is 0 Å². The number of nitrogens with zero attached hydrogens (tertiary/aromatic N) is 2. The average molecular weight is 342 g/mol. The van der Waals surface area contributed by atoms with Gasteiger partial charge in [-0.2, -0.15) is 0 Å². The van der Waals surface area contributed by atoms with Gasteiger partial charge in [0.1, 0.15) is 23.7 Å². The van der Waals surface area contributed by atoms with E-state index in [4.69, 9.17) is 13.9 Å². The largest absolute Gasteiger partial charge is 0.460 e. The molecule has 2 atom stereocenters. The highest BCUT2D eigenvalue weighted by Gasteiger charge is 2.35. The van der Waals surface area contributed by atoms with Crippen LogP contribution < -0.4 is 5.56 Å². The van der Waals surface area contributed by atoms with E-state index in [1.165, 1.54) is 6.33 Å². The van der Waals surface area contributed by atoms with E-state index in [0.29, 0.717) is 17.5 Å². The summed E-state index contributed by atoms with van der Waals surface area (Å²) in [5, 5.41) is 0.729. The van der Waals surface area contributed by atoms with Gasteiger partial charge in [0.15, 0.2) is 0 Å². The molecule has 8 heteroatoms. The zero-order chi connectivity index (χ0) is 17.6. The van der Waals surface area contributed by atoms with Gasteiger partial charge in [-0.05, 0) is 19.1 Å². The Morgan fingerprint density at radius 3 is 2.92 bits per heavy atom. The lowest BCUT2D eigenvalue weighted by Crippen LogP contribution is -2.29. The van der Waals surface area contributed by atoms with Crippen LogP contribution in [-0.2, 0) is 25.6 Å². The first-order chi connectivity index (χ1) is 12.0. The molecule has 1 fully saturated rings. The van der Waals surface area contributed by atoms with Gasteiger partial charge in [0.2, 0.25) is 11.7 Å². The standard InChI is InChI=1S/C17H14N2O6/c1-9-6-12(17(22)23-9)24-13(20)7-19-8-18-14-10-4-2-3-5-11(10)25-15(14)16(19)21/h2-5,8-9,12H,6-7H2,1H3/t9-,12+/m0/s1. The van der Waals surface area contributed by atoms with E-state index >= 15 is 0 Å². The number of ether oxygens (including phenoxy) is 2. The number of carbonyl (C=O) groups is 2. The topological polar surface area (TPSA) is 101 Å². The fourth-order valence-electron chi connectivity index (χ4n) is 2.88. The van der Waals surface area contributed by atoms with Crippen molar-refractivity contribution in [3.8, 4) is 0 Å². The fourth-order valence-corrected chi connectivity index (χ4v) is 2.88. The van der Waals surface area contributed by atoms with Gasteiger partial charge in [-0.3, -0.25) is 14.2 Å². The van der Waals surface area contributed by atoms with Crippen molar-refractivity contribution < 1.29 is 23.5 Å². The molecule has 0 N–H and O–H groups in total. The average Bonchev–Trinajstić information content (AvgIpc) is 3.10. The number of esters is 2. The molecule has 0 radical (unpaired) electrons. The monoisotopic (exact) mass is 342 g/mol. The van der Waals surface area contributed by atoms with Gasteiger partial charge < -0.3 is 13.9 Å². The first kappa shape index (κ1) is 15.4. The minimum atomic E-state index is -0.930. The lowest BCUT2D eigenvalue weighted by Gasteiger charge is -2.09. The number of hydrogen-bond donors (Lipinski definition) is 0. The predicted octanol–water partition coefficient (Wildman–Crippen LogP) is 1.39.